The van der Waals surface area contributed by atoms with Crippen LogP contribution in [0.25, 0.3) is 22.5 Å². The fourth-order valence-electron chi connectivity index (χ4n) is 3.60. The molecule has 0 radical (unpaired) electrons. The lowest BCUT2D eigenvalue weighted by Crippen LogP contribution is -1.98. The van der Waals surface area contributed by atoms with Gasteiger partial charge in [0.15, 0.2) is 11.0 Å². The van der Waals surface area contributed by atoms with Gasteiger partial charge < -0.3 is 4.57 Å². The van der Waals surface area contributed by atoms with E-state index in [-0.39, 0.29) is 5.25 Å². The SMILES string of the molecule is Cn1c(SC2c3ccccc3-c3ccccc32)nnc1-c1ccccc1. The maximum absolute atomic E-state index is 4.48. The van der Waals surface area contributed by atoms with Gasteiger partial charge in [-0.15, -0.1) is 10.2 Å². The Morgan fingerprint density at radius 1 is 0.731 bits per heavy atom. The molecule has 1 aliphatic carbocycles. The van der Waals surface area contributed by atoms with Crippen molar-refractivity contribution in [2.45, 2.75) is 10.4 Å². The highest BCUT2D eigenvalue weighted by atomic mass is 32.2. The standard InChI is InChI=1S/C22H17N3S/c1-25-21(15-9-3-2-4-10-15)23-24-22(25)26-20-18-13-7-5-11-16(18)17-12-6-8-14-19(17)20/h2-14,20H,1H3. The van der Waals surface area contributed by atoms with Crippen molar-refractivity contribution >= 4 is 11.8 Å². The van der Waals surface area contributed by atoms with E-state index in [1.54, 1.807) is 11.8 Å². The van der Waals surface area contributed by atoms with Gasteiger partial charge in [-0.2, -0.15) is 0 Å². The largest absolute Gasteiger partial charge is 0.305 e. The van der Waals surface area contributed by atoms with Crippen LogP contribution in [0.4, 0.5) is 0 Å². The number of thioether (sulfide) groups is 1. The summed E-state index contributed by atoms with van der Waals surface area (Å²) in [6.45, 7) is 0. The van der Waals surface area contributed by atoms with E-state index in [1.807, 2.05) is 25.2 Å². The molecule has 26 heavy (non-hydrogen) atoms. The quantitative estimate of drug-likeness (QED) is 0.497. The number of hydrogen-bond donors (Lipinski definition) is 0. The summed E-state index contributed by atoms with van der Waals surface area (Å²) in [7, 11) is 2.04. The Morgan fingerprint density at radius 2 is 1.31 bits per heavy atom. The van der Waals surface area contributed by atoms with Crippen LogP contribution in [0.3, 0.4) is 0 Å². The lowest BCUT2D eigenvalue weighted by atomic mass is 10.1. The molecule has 0 unspecified atom stereocenters. The first kappa shape index (κ1) is 15.4. The van der Waals surface area contributed by atoms with E-state index >= 15 is 0 Å². The molecule has 0 N–H and O–H groups in total. The first-order chi connectivity index (χ1) is 12.8. The zero-order chi connectivity index (χ0) is 17.5. The molecule has 5 rings (SSSR count). The average Bonchev–Trinajstić information content (AvgIpc) is 3.22. The molecule has 0 aliphatic heterocycles. The maximum Gasteiger partial charge on any atom is 0.192 e. The summed E-state index contributed by atoms with van der Waals surface area (Å²) >= 11 is 1.77. The van der Waals surface area contributed by atoms with Gasteiger partial charge in [-0.3, -0.25) is 0 Å². The van der Waals surface area contributed by atoms with Crippen molar-refractivity contribution in [3.8, 4) is 22.5 Å². The molecule has 3 nitrogen and oxygen atoms in total. The second kappa shape index (κ2) is 6.15. The van der Waals surface area contributed by atoms with Crippen molar-refractivity contribution in [3.63, 3.8) is 0 Å². The van der Waals surface area contributed by atoms with E-state index in [0.717, 1.165) is 16.5 Å². The molecule has 0 saturated heterocycles. The van der Waals surface area contributed by atoms with Crippen LogP contribution in [-0.2, 0) is 7.05 Å². The van der Waals surface area contributed by atoms with Crippen LogP contribution in [0.5, 0.6) is 0 Å². The van der Waals surface area contributed by atoms with E-state index < -0.39 is 0 Å². The predicted molar refractivity (Wildman–Crippen MR) is 106 cm³/mol. The van der Waals surface area contributed by atoms with Gasteiger partial charge in [0.05, 0.1) is 5.25 Å². The summed E-state index contributed by atoms with van der Waals surface area (Å²) in [6, 6.07) is 27.5. The Hall–Kier alpha value is -2.85. The molecule has 1 heterocycles. The fraction of sp³-hybridized carbons (Fsp3) is 0.0909. The van der Waals surface area contributed by atoms with E-state index in [4.69, 9.17) is 0 Å². The minimum atomic E-state index is 0.244. The van der Waals surface area contributed by atoms with Gasteiger partial charge in [0.1, 0.15) is 0 Å². The highest BCUT2D eigenvalue weighted by Gasteiger charge is 2.30. The molecule has 3 aromatic carbocycles. The molecule has 0 spiro atoms. The van der Waals surface area contributed by atoms with Crippen molar-refractivity contribution in [2.24, 2.45) is 7.05 Å². The van der Waals surface area contributed by atoms with E-state index in [9.17, 15) is 0 Å². The van der Waals surface area contributed by atoms with Crippen molar-refractivity contribution in [2.75, 3.05) is 0 Å². The molecule has 1 aromatic heterocycles. The predicted octanol–water partition coefficient (Wildman–Crippen LogP) is 5.34. The summed E-state index contributed by atoms with van der Waals surface area (Å²) in [4.78, 5) is 0. The summed E-state index contributed by atoms with van der Waals surface area (Å²) in [5.74, 6) is 0.896. The topological polar surface area (TPSA) is 30.7 Å². The molecule has 126 valence electrons. The Kier molecular flexibility index (Phi) is 3.64. The average molecular weight is 355 g/mol. The fourth-order valence-corrected chi connectivity index (χ4v) is 4.81. The normalized spacial score (nSPS) is 12.8. The Labute approximate surface area is 156 Å². The number of hydrogen-bond acceptors (Lipinski definition) is 3. The molecule has 0 bridgehead atoms. The summed E-state index contributed by atoms with van der Waals surface area (Å²) < 4.78 is 2.09. The van der Waals surface area contributed by atoms with Crippen LogP contribution in [0.2, 0.25) is 0 Å². The van der Waals surface area contributed by atoms with Gasteiger partial charge in [0, 0.05) is 12.6 Å². The summed E-state index contributed by atoms with van der Waals surface area (Å²) in [5, 5.41) is 10.1. The monoisotopic (exact) mass is 355 g/mol. The Morgan fingerprint density at radius 3 is 1.96 bits per heavy atom. The molecule has 0 saturated carbocycles. The van der Waals surface area contributed by atoms with Crippen LogP contribution >= 0.6 is 11.8 Å². The van der Waals surface area contributed by atoms with Crippen LogP contribution in [0.1, 0.15) is 16.4 Å². The molecule has 0 atom stereocenters. The van der Waals surface area contributed by atoms with Crippen molar-refractivity contribution in [1.29, 1.82) is 0 Å². The first-order valence-corrected chi connectivity index (χ1v) is 9.50. The maximum atomic E-state index is 4.48. The molecule has 0 fully saturated rings. The zero-order valence-electron chi connectivity index (χ0n) is 14.3. The van der Waals surface area contributed by atoms with Crippen LogP contribution in [0, 0.1) is 0 Å². The van der Waals surface area contributed by atoms with Gasteiger partial charge in [0.2, 0.25) is 0 Å². The number of benzene rings is 3. The molecule has 4 aromatic rings. The minimum Gasteiger partial charge on any atom is -0.305 e. The van der Waals surface area contributed by atoms with Crippen molar-refractivity contribution in [1.82, 2.24) is 14.8 Å². The van der Waals surface area contributed by atoms with E-state index in [2.05, 4.69) is 75.4 Å². The third-order valence-corrected chi connectivity index (χ3v) is 6.18. The summed E-state index contributed by atoms with van der Waals surface area (Å²) in [5.41, 5.74) is 6.43. The third-order valence-electron chi connectivity index (χ3n) is 4.87. The van der Waals surface area contributed by atoms with Gasteiger partial charge >= 0.3 is 0 Å². The number of rotatable bonds is 3. The number of nitrogens with zero attached hydrogens (tertiary/aromatic N) is 3. The minimum absolute atomic E-state index is 0.244. The zero-order valence-corrected chi connectivity index (χ0v) is 15.1. The second-order valence-corrected chi connectivity index (χ2v) is 7.48. The number of fused-ring (bicyclic) bond motifs is 3. The van der Waals surface area contributed by atoms with Gasteiger partial charge in [-0.25, -0.2) is 0 Å². The van der Waals surface area contributed by atoms with Crippen LogP contribution in [-0.4, -0.2) is 14.8 Å². The molecule has 0 amide bonds. The Balaban J connectivity index is 1.56. The van der Waals surface area contributed by atoms with Crippen molar-refractivity contribution in [3.05, 3.63) is 90.0 Å². The molecule has 4 heteroatoms. The lowest BCUT2D eigenvalue weighted by molar-refractivity contribution is 0.792. The smallest absolute Gasteiger partial charge is 0.192 e. The Bertz CT molecular complexity index is 1040. The summed E-state index contributed by atoms with van der Waals surface area (Å²) in [6.07, 6.45) is 0. The lowest BCUT2D eigenvalue weighted by Gasteiger charge is -2.12. The molecular formula is C22H17N3S. The van der Waals surface area contributed by atoms with Crippen LogP contribution in [0.15, 0.2) is 84.0 Å². The molecular weight excluding hydrogens is 338 g/mol. The van der Waals surface area contributed by atoms with E-state index in [0.29, 0.717) is 0 Å². The van der Waals surface area contributed by atoms with Gasteiger partial charge in [-0.05, 0) is 22.3 Å². The highest BCUT2D eigenvalue weighted by Crippen LogP contribution is 2.51. The van der Waals surface area contributed by atoms with Gasteiger partial charge in [-0.1, -0.05) is 90.6 Å². The first-order valence-electron chi connectivity index (χ1n) is 8.62. The third kappa shape index (κ3) is 2.37. The molecule has 1 aliphatic rings. The second-order valence-electron chi connectivity index (χ2n) is 6.40. The van der Waals surface area contributed by atoms with Crippen LogP contribution < -0.4 is 0 Å². The van der Waals surface area contributed by atoms with Gasteiger partial charge in [0.25, 0.3) is 0 Å². The van der Waals surface area contributed by atoms with E-state index in [1.165, 1.54) is 22.3 Å². The van der Waals surface area contributed by atoms with Crippen molar-refractivity contribution < 1.29 is 0 Å². The number of aromatic nitrogens is 3. The highest BCUT2D eigenvalue weighted by molar-refractivity contribution is 7.99.